The average molecular weight is 553 g/mol. The number of benzene rings is 2. The lowest BCUT2D eigenvalue weighted by atomic mass is 10.0. The maximum Gasteiger partial charge on any atom is 0.131 e. The van der Waals surface area contributed by atoms with Gasteiger partial charge in [-0.1, -0.05) is 24.3 Å². The van der Waals surface area contributed by atoms with Crippen molar-refractivity contribution in [1.82, 2.24) is 25.8 Å². The van der Waals surface area contributed by atoms with E-state index in [9.17, 15) is 0 Å². The van der Waals surface area contributed by atoms with E-state index in [1.54, 1.807) is 0 Å². The molecule has 2 aromatic carbocycles. The summed E-state index contributed by atoms with van der Waals surface area (Å²) in [5.74, 6) is 5.18. The second-order valence-corrected chi connectivity index (χ2v) is 10.4. The van der Waals surface area contributed by atoms with E-state index >= 15 is 0 Å². The average Bonchev–Trinajstić information content (AvgIpc) is 3.87. The highest BCUT2D eigenvalue weighted by Crippen LogP contribution is 2.17. The molecule has 7 rings (SSSR count). The summed E-state index contributed by atoms with van der Waals surface area (Å²) < 4.78 is 0. The Morgan fingerprint density at radius 3 is 1.17 bits per heavy atom. The number of likely N-dealkylation sites (N-methyl/N-ethyl adjacent to an activating group) is 2. The quantitative estimate of drug-likeness (QED) is 0.484. The van der Waals surface area contributed by atoms with Gasteiger partial charge in [0.25, 0.3) is 0 Å². The molecule has 0 spiro atoms. The minimum absolute atomic E-state index is 0.841. The summed E-state index contributed by atoms with van der Waals surface area (Å²) >= 11 is 0. The van der Waals surface area contributed by atoms with Crippen LogP contribution in [0.15, 0.2) is 67.4 Å². The molecule has 10 heteroatoms. The van der Waals surface area contributed by atoms with E-state index in [1.807, 2.05) is 0 Å². The van der Waals surface area contributed by atoms with Crippen molar-refractivity contribution in [3.05, 3.63) is 70.3 Å². The first-order valence-corrected chi connectivity index (χ1v) is 14.9. The first-order valence-electron chi connectivity index (χ1n) is 14.9. The standard InChI is InChI=1S/C16H22N4.C15H18N6/c1-3-19-11-9-17-15(19)13-5-7-14(8-6-13)16-18-10-12-20(16)4-2;1-2-17-13(16-1)10-7-11(14-18-3-4-19-14)9-12(8-10)15-20-5-6-21-15/h5-8H,3-4,9-12H2,1-2H3;7-9H,1-6H2,(H,16,17)(H,18,19)(H,20,21). The molecule has 0 saturated carbocycles. The Labute approximate surface area is 242 Å². The molecule has 0 unspecified atom stereocenters. The fraction of sp³-hybridized carbons (Fsp3) is 0.452. The van der Waals surface area contributed by atoms with E-state index in [-0.39, 0.29) is 0 Å². The van der Waals surface area contributed by atoms with Gasteiger partial charge in [0.05, 0.1) is 32.7 Å². The van der Waals surface area contributed by atoms with E-state index < -0.39 is 0 Å². The number of hydrogen-bond donors (Lipinski definition) is 3. The lowest BCUT2D eigenvalue weighted by Crippen LogP contribution is -2.29. The summed E-state index contributed by atoms with van der Waals surface area (Å²) in [6, 6.07) is 15.1. The Balaban J connectivity index is 0.000000148. The Bertz CT molecular complexity index is 1250. The smallest absolute Gasteiger partial charge is 0.131 e. The molecule has 5 heterocycles. The van der Waals surface area contributed by atoms with E-state index in [4.69, 9.17) is 0 Å². The van der Waals surface area contributed by atoms with E-state index in [2.05, 4.69) is 107 Å². The van der Waals surface area contributed by atoms with Crippen LogP contribution in [-0.2, 0) is 0 Å². The van der Waals surface area contributed by atoms with Crippen LogP contribution in [0.2, 0.25) is 0 Å². The molecule has 0 atom stereocenters. The van der Waals surface area contributed by atoms with Crippen molar-refractivity contribution in [3.63, 3.8) is 0 Å². The molecule has 0 radical (unpaired) electrons. The molecule has 0 fully saturated rings. The Morgan fingerprint density at radius 2 is 0.878 bits per heavy atom. The van der Waals surface area contributed by atoms with Crippen LogP contribution in [0.1, 0.15) is 41.7 Å². The summed E-state index contributed by atoms with van der Waals surface area (Å²) in [7, 11) is 0. The third-order valence-corrected chi connectivity index (χ3v) is 7.80. The van der Waals surface area contributed by atoms with Gasteiger partial charge in [-0.15, -0.1) is 0 Å². The molecular formula is C31H40N10. The number of nitrogens with one attached hydrogen (secondary N) is 3. The van der Waals surface area contributed by atoms with Crippen molar-refractivity contribution in [2.45, 2.75) is 13.8 Å². The van der Waals surface area contributed by atoms with Crippen molar-refractivity contribution in [3.8, 4) is 0 Å². The summed E-state index contributed by atoms with van der Waals surface area (Å²) in [5, 5.41) is 10.0. The van der Waals surface area contributed by atoms with Gasteiger partial charge in [-0.25, -0.2) is 0 Å². The minimum Gasteiger partial charge on any atom is -0.368 e. The molecule has 0 aliphatic carbocycles. The first-order chi connectivity index (χ1) is 20.2. The third-order valence-electron chi connectivity index (χ3n) is 7.80. The van der Waals surface area contributed by atoms with Crippen molar-refractivity contribution < 1.29 is 0 Å². The van der Waals surface area contributed by atoms with Crippen LogP contribution in [0.25, 0.3) is 0 Å². The molecule has 214 valence electrons. The van der Waals surface area contributed by atoms with Gasteiger partial charge in [-0.3, -0.25) is 25.0 Å². The Hall–Kier alpha value is -4.21. The molecule has 41 heavy (non-hydrogen) atoms. The number of hydrogen-bond acceptors (Lipinski definition) is 10. The summed E-state index contributed by atoms with van der Waals surface area (Å²) in [6.45, 7) is 15.6. The lowest BCUT2D eigenvalue weighted by Gasteiger charge is -2.20. The Morgan fingerprint density at radius 1 is 0.512 bits per heavy atom. The molecule has 0 amide bonds. The highest BCUT2D eigenvalue weighted by atomic mass is 15.2. The van der Waals surface area contributed by atoms with Crippen LogP contribution >= 0.6 is 0 Å². The maximum absolute atomic E-state index is 4.62. The highest BCUT2D eigenvalue weighted by molar-refractivity contribution is 6.09. The predicted octanol–water partition coefficient (Wildman–Crippen LogP) is 1.59. The first kappa shape index (κ1) is 27.0. The number of nitrogens with zero attached hydrogens (tertiary/aromatic N) is 7. The van der Waals surface area contributed by atoms with Crippen LogP contribution in [-0.4, -0.2) is 118 Å². The number of aliphatic imine (C=N–C) groups is 5. The zero-order chi connectivity index (χ0) is 28.0. The largest absolute Gasteiger partial charge is 0.368 e. The van der Waals surface area contributed by atoms with Crippen molar-refractivity contribution in [2.24, 2.45) is 25.0 Å². The van der Waals surface area contributed by atoms with Gasteiger partial charge >= 0.3 is 0 Å². The molecule has 10 nitrogen and oxygen atoms in total. The van der Waals surface area contributed by atoms with Crippen molar-refractivity contribution in [1.29, 1.82) is 0 Å². The van der Waals surface area contributed by atoms with Gasteiger partial charge in [0.1, 0.15) is 29.2 Å². The summed E-state index contributed by atoms with van der Waals surface area (Å²) in [4.78, 5) is 27.5. The van der Waals surface area contributed by atoms with Crippen LogP contribution < -0.4 is 16.0 Å². The second kappa shape index (κ2) is 12.5. The maximum atomic E-state index is 4.62. The van der Waals surface area contributed by atoms with Gasteiger partial charge in [-0.2, -0.15) is 0 Å². The highest BCUT2D eigenvalue weighted by Gasteiger charge is 2.20. The van der Waals surface area contributed by atoms with Crippen LogP contribution in [0.3, 0.4) is 0 Å². The molecule has 5 aliphatic rings. The minimum atomic E-state index is 0.841. The normalized spacial score (nSPS) is 19.4. The lowest BCUT2D eigenvalue weighted by molar-refractivity contribution is 0.483. The van der Waals surface area contributed by atoms with Gasteiger partial charge in [0.15, 0.2) is 0 Å². The van der Waals surface area contributed by atoms with Crippen LogP contribution in [0, 0.1) is 0 Å². The molecule has 0 aromatic heterocycles. The monoisotopic (exact) mass is 552 g/mol. The molecule has 3 N–H and O–H groups in total. The molecule has 0 bridgehead atoms. The van der Waals surface area contributed by atoms with E-state index in [0.29, 0.717) is 0 Å². The van der Waals surface area contributed by atoms with Crippen LogP contribution in [0.4, 0.5) is 0 Å². The van der Waals surface area contributed by atoms with Crippen molar-refractivity contribution in [2.75, 3.05) is 78.5 Å². The predicted molar refractivity (Wildman–Crippen MR) is 168 cm³/mol. The van der Waals surface area contributed by atoms with E-state index in [0.717, 1.165) is 124 Å². The van der Waals surface area contributed by atoms with Crippen LogP contribution in [0.5, 0.6) is 0 Å². The van der Waals surface area contributed by atoms with Gasteiger partial charge in [0.2, 0.25) is 0 Å². The third kappa shape index (κ3) is 5.96. The summed E-state index contributed by atoms with van der Waals surface area (Å²) in [5.41, 5.74) is 5.75. The zero-order valence-electron chi connectivity index (χ0n) is 24.2. The zero-order valence-corrected chi connectivity index (χ0v) is 24.2. The summed E-state index contributed by atoms with van der Waals surface area (Å²) in [6.07, 6.45) is 0. The number of amidine groups is 5. The van der Waals surface area contributed by atoms with Gasteiger partial charge < -0.3 is 25.8 Å². The number of rotatable bonds is 7. The van der Waals surface area contributed by atoms with Gasteiger partial charge in [-0.05, 0) is 32.0 Å². The molecular weight excluding hydrogens is 512 g/mol. The Kier molecular flexibility index (Phi) is 8.25. The van der Waals surface area contributed by atoms with Gasteiger partial charge in [0, 0.05) is 73.6 Å². The molecule has 0 saturated heterocycles. The second-order valence-electron chi connectivity index (χ2n) is 10.4. The fourth-order valence-corrected chi connectivity index (χ4v) is 5.71. The SMILES string of the molecule is CCN1CCN=C1c1ccc(C2=NCCN2CC)cc1.c1c(C2=NCCN2)cc(C2=NCCN2)cc1C1=NCCN1. The fourth-order valence-electron chi connectivity index (χ4n) is 5.71. The van der Waals surface area contributed by atoms with Crippen molar-refractivity contribution >= 4 is 29.2 Å². The molecule has 2 aromatic rings. The molecule has 5 aliphatic heterocycles. The topological polar surface area (TPSA) is 104 Å². The van der Waals surface area contributed by atoms with E-state index in [1.165, 1.54) is 11.1 Å².